The van der Waals surface area contributed by atoms with Crippen molar-refractivity contribution in [2.24, 2.45) is 0 Å². The first-order chi connectivity index (χ1) is 6.77. The van der Waals surface area contributed by atoms with Crippen molar-refractivity contribution in [3.05, 3.63) is 46.1 Å². The minimum atomic E-state index is -0.372. The summed E-state index contributed by atoms with van der Waals surface area (Å²) in [5, 5.41) is 18.7. The Bertz CT molecular complexity index is 479. The molecule has 0 atom stereocenters. The molecule has 70 valence electrons. The fraction of sp³-hybridized carbons (Fsp3) is 0.111. The number of fused-ring (bicyclic) bond motifs is 1. The van der Waals surface area contributed by atoms with E-state index in [1.807, 2.05) is 18.2 Å². The Labute approximate surface area is 79.5 Å². The molecule has 0 unspecified atom stereocenters. The molecule has 0 fully saturated rings. The Hall–Kier alpha value is -2.04. The molecule has 0 aliphatic rings. The highest BCUT2D eigenvalue weighted by Crippen LogP contribution is 2.15. The second kappa shape index (κ2) is 3.37. The van der Waals surface area contributed by atoms with E-state index in [1.54, 1.807) is 6.07 Å². The average Bonchev–Trinajstić information content (AvgIpc) is 2.18. The zero-order valence-electron chi connectivity index (χ0n) is 7.25. The molecule has 0 amide bonds. The third kappa shape index (κ3) is 1.52. The molecular weight excluding hydrogens is 182 g/mol. The quantitative estimate of drug-likeness (QED) is 0.529. The van der Waals surface area contributed by atoms with Gasteiger partial charge in [-0.05, 0) is 6.07 Å². The van der Waals surface area contributed by atoms with Crippen molar-refractivity contribution in [1.82, 2.24) is 10.2 Å². The molecule has 5 nitrogen and oxygen atoms in total. The molecule has 0 aliphatic carbocycles. The lowest BCUT2D eigenvalue weighted by Gasteiger charge is -1.99. The summed E-state index contributed by atoms with van der Waals surface area (Å²) < 4.78 is 0. The molecule has 1 aromatic heterocycles. The van der Waals surface area contributed by atoms with Crippen LogP contribution in [0.25, 0.3) is 10.9 Å². The molecular formula is C9H7N3O2. The van der Waals surface area contributed by atoms with Crippen LogP contribution in [0.4, 0.5) is 0 Å². The molecule has 0 aliphatic heterocycles. The summed E-state index contributed by atoms with van der Waals surface area (Å²) in [6, 6.07) is 7.25. The normalized spacial score (nSPS) is 10.3. The number of aromatic nitrogens is 2. The van der Waals surface area contributed by atoms with Crippen LogP contribution in [0.15, 0.2) is 30.5 Å². The van der Waals surface area contributed by atoms with Gasteiger partial charge < -0.3 is 0 Å². The van der Waals surface area contributed by atoms with E-state index in [2.05, 4.69) is 10.2 Å². The molecule has 0 spiro atoms. The van der Waals surface area contributed by atoms with E-state index in [0.717, 1.165) is 5.39 Å². The van der Waals surface area contributed by atoms with Crippen LogP contribution in [-0.2, 0) is 6.54 Å². The summed E-state index contributed by atoms with van der Waals surface area (Å²) >= 11 is 0. The monoisotopic (exact) mass is 189 g/mol. The van der Waals surface area contributed by atoms with Crippen LogP contribution in [0.3, 0.4) is 0 Å². The van der Waals surface area contributed by atoms with Gasteiger partial charge in [0.25, 0.3) is 0 Å². The van der Waals surface area contributed by atoms with Crippen LogP contribution in [0.5, 0.6) is 0 Å². The van der Waals surface area contributed by atoms with E-state index < -0.39 is 0 Å². The Morgan fingerprint density at radius 1 is 1.36 bits per heavy atom. The molecule has 1 aromatic carbocycles. The maximum Gasteiger partial charge on any atom is 0.231 e. The van der Waals surface area contributed by atoms with Crippen molar-refractivity contribution < 1.29 is 4.92 Å². The first-order valence-corrected chi connectivity index (χ1v) is 4.08. The Morgan fingerprint density at radius 3 is 2.93 bits per heavy atom. The highest BCUT2D eigenvalue weighted by atomic mass is 16.6. The first-order valence-electron chi connectivity index (χ1n) is 4.08. The van der Waals surface area contributed by atoms with Crippen LogP contribution in [-0.4, -0.2) is 15.1 Å². The van der Waals surface area contributed by atoms with Crippen LogP contribution in [0.1, 0.15) is 5.56 Å². The molecule has 0 bridgehead atoms. The molecule has 0 saturated heterocycles. The zero-order valence-corrected chi connectivity index (χ0v) is 7.25. The standard InChI is InChI=1S/C9H7N3O2/c13-12(14)6-7-5-10-11-9-4-2-1-3-8(7)9/h1-5H,6H2. The van der Waals surface area contributed by atoms with Crippen LogP contribution in [0.2, 0.25) is 0 Å². The van der Waals surface area contributed by atoms with Crippen molar-refractivity contribution in [2.75, 3.05) is 0 Å². The van der Waals surface area contributed by atoms with Crippen molar-refractivity contribution in [1.29, 1.82) is 0 Å². The van der Waals surface area contributed by atoms with Gasteiger partial charge >= 0.3 is 0 Å². The summed E-state index contributed by atoms with van der Waals surface area (Å²) in [7, 11) is 0. The van der Waals surface area contributed by atoms with Gasteiger partial charge in [0.2, 0.25) is 6.54 Å². The van der Waals surface area contributed by atoms with E-state index in [0.29, 0.717) is 11.1 Å². The fourth-order valence-corrected chi connectivity index (χ4v) is 1.33. The molecule has 0 N–H and O–H groups in total. The first kappa shape index (κ1) is 8.55. The van der Waals surface area contributed by atoms with E-state index >= 15 is 0 Å². The molecule has 2 rings (SSSR count). The summed E-state index contributed by atoms with van der Waals surface area (Å²) in [4.78, 5) is 10.00. The van der Waals surface area contributed by atoms with Gasteiger partial charge in [0.1, 0.15) is 0 Å². The maximum atomic E-state index is 10.4. The molecule has 14 heavy (non-hydrogen) atoms. The van der Waals surface area contributed by atoms with Gasteiger partial charge in [-0.15, -0.1) is 0 Å². The Kier molecular flexibility index (Phi) is 2.06. The van der Waals surface area contributed by atoms with Crippen molar-refractivity contribution in [3.63, 3.8) is 0 Å². The largest absolute Gasteiger partial charge is 0.264 e. The van der Waals surface area contributed by atoms with Gasteiger partial charge in [0, 0.05) is 10.3 Å². The van der Waals surface area contributed by atoms with Crippen LogP contribution >= 0.6 is 0 Å². The van der Waals surface area contributed by atoms with Crippen molar-refractivity contribution >= 4 is 10.9 Å². The van der Waals surface area contributed by atoms with Gasteiger partial charge in [0.05, 0.1) is 17.3 Å². The number of hydrogen-bond donors (Lipinski definition) is 0. The number of benzene rings is 1. The fourth-order valence-electron chi connectivity index (χ4n) is 1.33. The molecule has 1 heterocycles. The van der Waals surface area contributed by atoms with Gasteiger partial charge in [-0.25, -0.2) is 0 Å². The van der Waals surface area contributed by atoms with E-state index in [4.69, 9.17) is 0 Å². The Morgan fingerprint density at radius 2 is 2.14 bits per heavy atom. The summed E-state index contributed by atoms with van der Waals surface area (Å²) in [5.41, 5.74) is 1.28. The predicted molar refractivity (Wildman–Crippen MR) is 50.2 cm³/mol. The zero-order chi connectivity index (χ0) is 9.97. The van der Waals surface area contributed by atoms with Gasteiger partial charge in [-0.2, -0.15) is 10.2 Å². The lowest BCUT2D eigenvalue weighted by atomic mass is 10.1. The average molecular weight is 189 g/mol. The minimum Gasteiger partial charge on any atom is -0.264 e. The number of nitrogens with zero attached hydrogens (tertiary/aromatic N) is 3. The lowest BCUT2D eigenvalue weighted by Crippen LogP contribution is -2.00. The van der Waals surface area contributed by atoms with Gasteiger partial charge in [0.15, 0.2) is 0 Å². The summed E-state index contributed by atoms with van der Waals surface area (Å²) in [6.45, 7) is -0.212. The van der Waals surface area contributed by atoms with E-state index in [9.17, 15) is 10.1 Å². The van der Waals surface area contributed by atoms with Crippen molar-refractivity contribution in [2.45, 2.75) is 6.54 Å². The second-order valence-corrected chi connectivity index (χ2v) is 2.88. The van der Waals surface area contributed by atoms with Crippen LogP contribution in [0, 0.1) is 10.1 Å². The third-order valence-corrected chi connectivity index (χ3v) is 1.93. The van der Waals surface area contributed by atoms with Gasteiger partial charge in [-0.3, -0.25) is 10.1 Å². The summed E-state index contributed by atoms with van der Waals surface area (Å²) in [5.74, 6) is 0. The molecule has 5 heteroatoms. The van der Waals surface area contributed by atoms with Gasteiger partial charge in [-0.1, -0.05) is 18.2 Å². The van der Waals surface area contributed by atoms with Crippen molar-refractivity contribution in [3.8, 4) is 0 Å². The maximum absolute atomic E-state index is 10.4. The minimum absolute atomic E-state index is 0.212. The van der Waals surface area contributed by atoms with Crippen LogP contribution < -0.4 is 0 Å². The molecule has 2 aromatic rings. The lowest BCUT2D eigenvalue weighted by molar-refractivity contribution is -0.496. The number of rotatable bonds is 2. The summed E-state index contributed by atoms with van der Waals surface area (Å²) in [6.07, 6.45) is 1.44. The topological polar surface area (TPSA) is 68.9 Å². The highest BCUT2D eigenvalue weighted by molar-refractivity contribution is 5.80. The number of nitro groups is 1. The number of hydrogen-bond acceptors (Lipinski definition) is 4. The third-order valence-electron chi connectivity index (χ3n) is 1.93. The smallest absolute Gasteiger partial charge is 0.231 e. The molecule has 0 radical (unpaired) electrons. The highest BCUT2D eigenvalue weighted by Gasteiger charge is 2.07. The Balaban J connectivity index is 2.59. The SMILES string of the molecule is O=[N+]([O-])Cc1cnnc2ccccc12. The predicted octanol–water partition coefficient (Wildman–Crippen LogP) is 1.41. The second-order valence-electron chi connectivity index (χ2n) is 2.88. The van der Waals surface area contributed by atoms with E-state index in [1.165, 1.54) is 6.20 Å². The van der Waals surface area contributed by atoms with E-state index in [-0.39, 0.29) is 11.5 Å². The molecule has 0 saturated carbocycles.